The number of rotatable bonds is 7. The Hall–Kier alpha value is -1.61. The van der Waals surface area contributed by atoms with E-state index in [1.54, 1.807) is 0 Å². The third kappa shape index (κ3) is 3.84. The Bertz CT molecular complexity index is 646. The standard InChI is InChI=1S/C20H26N2S/c1-3-5-13-22(14-6-4-2)16-11-12-18-20(15-16)23-19-10-8-7-9-17(19)21-18/h7-12,15,21H,3-6,13-14H2,1-2H3. The van der Waals surface area contributed by atoms with Gasteiger partial charge in [0, 0.05) is 28.6 Å². The van der Waals surface area contributed by atoms with Crippen molar-refractivity contribution in [2.24, 2.45) is 0 Å². The van der Waals surface area contributed by atoms with Crippen molar-refractivity contribution in [3.05, 3.63) is 42.5 Å². The van der Waals surface area contributed by atoms with Crippen molar-refractivity contribution in [2.45, 2.75) is 49.3 Å². The van der Waals surface area contributed by atoms with Gasteiger partial charge in [-0.05, 0) is 43.2 Å². The van der Waals surface area contributed by atoms with Crippen LogP contribution in [0.15, 0.2) is 52.3 Å². The third-order valence-corrected chi connectivity index (χ3v) is 5.40. The van der Waals surface area contributed by atoms with Gasteiger partial charge in [-0.15, -0.1) is 0 Å². The molecule has 1 aliphatic rings. The molecule has 2 nitrogen and oxygen atoms in total. The van der Waals surface area contributed by atoms with Crippen molar-refractivity contribution in [2.75, 3.05) is 23.3 Å². The average Bonchev–Trinajstić information content (AvgIpc) is 2.59. The van der Waals surface area contributed by atoms with Gasteiger partial charge in [0.15, 0.2) is 0 Å². The van der Waals surface area contributed by atoms with Crippen molar-refractivity contribution >= 4 is 28.8 Å². The minimum absolute atomic E-state index is 1.16. The van der Waals surface area contributed by atoms with Gasteiger partial charge < -0.3 is 10.2 Å². The van der Waals surface area contributed by atoms with E-state index in [1.165, 1.54) is 52.5 Å². The molecule has 0 aliphatic carbocycles. The van der Waals surface area contributed by atoms with E-state index in [9.17, 15) is 0 Å². The number of hydrogen-bond donors (Lipinski definition) is 1. The molecule has 0 unspecified atom stereocenters. The predicted octanol–water partition coefficient (Wildman–Crippen LogP) is 6.30. The lowest BCUT2D eigenvalue weighted by Gasteiger charge is -2.27. The van der Waals surface area contributed by atoms with Crippen LogP contribution in [0.2, 0.25) is 0 Å². The predicted molar refractivity (Wildman–Crippen MR) is 102 cm³/mol. The Labute approximate surface area is 144 Å². The van der Waals surface area contributed by atoms with E-state index in [4.69, 9.17) is 0 Å². The molecular formula is C20H26N2S. The molecule has 0 saturated heterocycles. The van der Waals surface area contributed by atoms with Crippen LogP contribution in [0.5, 0.6) is 0 Å². The average molecular weight is 327 g/mol. The van der Waals surface area contributed by atoms with E-state index in [0.29, 0.717) is 0 Å². The van der Waals surface area contributed by atoms with Crippen LogP contribution in [0.3, 0.4) is 0 Å². The number of para-hydroxylation sites is 1. The molecule has 2 aromatic carbocycles. The highest BCUT2D eigenvalue weighted by atomic mass is 32.2. The number of nitrogens with one attached hydrogen (secondary N) is 1. The molecule has 0 amide bonds. The van der Waals surface area contributed by atoms with Crippen LogP contribution in [0.4, 0.5) is 17.1 Å². The summed E-state index contributed by atoms with van der Waals surface area (Å²) in [6.07, 6.45) is 5.01. The minimum atomic E-state index is 1.16. The molecule has 1 N–H and O–H groups in total. The molecule has 0 fully saturated rings. The highest BCUT2D eigenvalue weighted by molar-refractivity contribution is 7.99. The highest BCUT2D eigenvalue weighted by Crippen LogP contribution is 2.45. The molecule has 3 rings (SSSR count). The molecule has 0 bridgehead atoms. The van der Waals surface area contributed by atoms with Gasteiger partial charge in [-0.25, -0.2) is 0 Å². The molecule has 2 aromatic rings. The number of unbranched alkanes of at least 4 members (excludes halogenated alkanes) is 2. The Balaban J connectivity index is 1.82. The maximum absolute atomic E-state index is 3.55. The first-order valence-electron chi connectivity index (χ1n) is 8.74. The number of hydrogen-bond acceptors (Lipinski definition) is 3. The first-order chi connectivity index (χ1) is 11.3. The van der Waals surface area contributed by atoms with Crippen LogP contribution < -0.4 is 10.2 Å². The second kappa shape index (κ2) is 7.78. The monoisotopic (exact) mass is 326 g/mol. The smallest absolute Gasteiger partial charge is 0.0527 e. The van der Waals surface area contributed by atoms with Crippen molar-refractivity contribution < 1.29 is 0 Å². The molecule has 0 radical (unpaired) electrons. The van der Waals surface area contributed by atoms with E-state index in [2.05, 4.69) is 66.5 Å². The molecule has 122 valence electrons. The van der Waals surface area contributed by atoms with Gasteiger partial charge in [0.1, 0.15) is 0 Å². The van der Waals surface area contributed by atoms with Gasteiger partial charge in [-0.1, -0.05) is 50.6 Å². The van der Waals surface area contributed by atoms with Crippen molar-refractivity contribution in [1.82, 2.24) is 0 Å². The summed E-state index contributed by atoms with van der Waals surface area (Å²) in [5, 5.41) is 3.55. The second-order valence-electron chi connectivity index (χ2n) is 6.10. The largest absolute Gasteiger partial charge is 0.372 e. The van der Waals surface area contributed by atoms with Crippen molar-refractivity contribution in [3.8, 4) is 0 Å². The number of nitrogens with zero attached hydrogens (tertiary/aromatic N) is 1. The summed E-state index contributed by atoms with van der Waals surface area (Å²) in [4.78, 5) is 5.19. The summed E-state index contributed by atoms with van der Waals surface area (Å²) < 4.78 is 0. The Morgan fingerprint density at radius 2 is 1.57 bits per heavy atom. The van der Waals surface area contributed by atoms with Crippen LogP contribution in [0, 0.1) is 0 Å². The maximum Gasteiger partial charge on any atom is 0.0527 e. The third-order valence-electron chi connectivity index (χ3n) is 4.27. The SMILES string of the molecule is CCCCN(CCCC)c1ccc2c(c1)Sc1ccccc1N2. The van der Waals surface area contributed by atoms with Crippen molar-refractivity contribution in [1.29, 1.82) is 0 Å². The van der Waals surface area contributed by atoms with Crippen LogP contribution in [0.25, 0.3) is 0 Å². The lowest BCUT2D eigenvalue weighted by Crippen LogP contribution is -2.25. The Morgan fingerprint density at radius 3 is 2.30 bits per heavy atom. The number of anilines is 3. The lowest BCUT2D eigenvalue weighted by molar-refractivity contribution is 0.677. The van der Waals surface area contributed by atoms with Gasteiger partial charge >= 0.3 is 0 Å². The fourth-order valence-electron chi connectivity index (χ4n) is 2.89. The number of benzene rings is 2. The van der Waals surface area contributed by atoms with Crippen LogP contribution in [-0.4, -0.2) is 13.1 Å². The first kappa shape index (κ1) is 16.3. The van der Waals surface area contributed by atoms with E-state index < -0.39 is 0 Å². The molecular weight excluding hydrogens is 300 g/mol. The molecule has 1 heterocycles. The molecule has 3 heteroatoms. The zero-order chi connectivity index (χ0) is 16.1. The van der Waals surface area contributed by atoms with E-state index in [0.717, 1.165) is 13.1 Å². The maximum atomic E-state index is 3.55. The van der Waals surface area contributed by atoms with Crippen LogP contribution in [0.1, 0.15) is 39.5 Å². The van der Waals surface area contributed by atoms with Crippen molar-refractivity contribution in [3.63, 3.8) is 0 Å². The summed E-state index contributed by atoms with van der Waals surface area (Å²) in [6.45, 7) is 6.84. The van der Waals surface area contributed by atoms with Gasteiger partial charge in [0.25, 0.3) is 0 Å². The summed E-state index contributed by atoms with van der Waals surface area (Å²) >= 11 is 1.87. The Kier molecular flexibility index (Phi) is 5.50. The summed E-state index contributed by atoms with van der Waals surface area (Å²) in [7, 11) is 0. The molecule has 1 aliphatic heterocycles. The number of fused-ring (bicyclic) bond motifs is 2. The fraction of sp³-hybridized carbons (Fsp3) is 0.400. The van der Waals surface area contributed by atoms with E-state index >= 15 is 0 Å². The van der Waals surface area contributed by atoms with Gasteiger partial charge in [0.2, 0.25) is 0 Å². The first-order valence-corrected chi connectivity index (χ1v) is 9.56. The lowest BCUT2D eigenvalue weighted by atomic mass is 10.2. The quantitative estimate of drug-likeness (QED) is 0.548. The summed E-state index contributed by atoms with van der Waals surface area (Å²) in [6, 6.07) is 15.4. The topological polar surface area (TPSA) is 15.3 Å². The van der Waals surface area contributed by atoms with Gasteiger partial charge in [0.05, 0.1) is 11.4 Å². The fourth-order valence-corrected chi connectivity index (χ4v) is 3.91. The molecule has 0 spiro atoms. The van der Waals surface area contributed by atoms with E-state index in [1.807, 2.05) is 11.8 Å². The zero-order valence-corrected chi connectivity index (χ0v) is 15.0. The molecule has 0 atom stereocenters. The zero-order valence-electron chi connectivity index (χ0n) is 14.1. The van der Waals surface area contributed by atoms with Gasteiger partial charge in [-0.3, -0.25) is 0 Å². The molecule has 0 saturated carbocycles. The van der Waals surface area contributed by atoms with E-state index in [-0.39, 0.29) is 0 Å². The summed E-state index contributed by atoms with van der Waals surface area (Å²) in [5.41, 5.74) is 3.80. The van der Waals surface area contributed by atoms with Gasteiger partial charge in [-0.2, -0.15) is 0 Å². The van der Waals surface area contributed by atoms with Crippen LogP contribution in [-0.2, 0) is 0 Å². The molecule has 23 heavy (non-hydrogen) atoms. The highest BCUT2D eigenvalue weighted by Gasteiger charge is 2.16. The normalized spacial score (nSPS) is 12.3. The summed E-state index contributed by atoms with van der Waals surface area (Å²) in [5.74, 6) is 0. The molecule has 0 aromatic heterocycles. The van der Waals surface area contributed by atoms with Crippen LogP contribution >= 0.6 is 11.8 Å². The minimum Gasteiger partial charge on any atom is -0.372 e. The second-order valence-corrected chi connectivity index (χ2v) is 7.18. The Morgan fingerprint density at radius 1 is 0.870 bits per heavy atom.